The fourth-order valence-corrected chi connectivity index (χ4v) is 2.75. The first kappa shape index (κ1) is 15.1. The Labute approximate surface area is 137 Å². The van der Waals surface area contributed by atoms with E-state index in [1.54, 1.807) is 23.7 Å². The molecule has 1 aromatic heterocycles. The summed E-state index contributed by atoms with van der Waals surface area (Å²) in [6.45, 7) is 1.95. The maximum absolute atomic E-state index is 11.4. The fourth-order valence-electron chi connectivity index (χ4n) is 2.24. The SMILES string of the molecule is Cc1ccc(-c2cc(Oc3nccs3)cc(C(=O)O)c2)c(N)c1. The second-order valence-electron chi connectivity index (χ2n) is 5.04. The second-order valence-corrected chi connectivity index (χ2v) is 5.90. The number of hydrogen-bond donors (Lipinski definition) is 2. The molecule has 0 aliphatic heterocycles. The molecular weight excluding hydrogens is 312 g/mol. The first-order valence-corrected chi connectivity index (χ1v) is 7.73. The van der Waals surface area contributed by atoms with Gasteiger partial charge in [0.2, 0.25) is 0 Å². The van der Waals surface area contributed by atoms with Gasteiger partial charge in [-0.1, -0.05) is 23.5 Å². The largest absolute Gasteiger partial charge is 0.478 e. The van der Waals surface area contributed by atoms with Crippen molar-refractivity contribution in [2.45, 2.75) is 6.92 Å². The molecule has 116 valence electrons. The molecule has 23 heavy (non-hydrogen) atoms. The minimum atomic E-state index is -1.03. The maximum atomic E-state index is 11.4. The van der Waals surface area contributed by atoms with Crippen LogP contribution in [0.15, 0.2) is 48.0 Å². The third-order valence-electron chi connectivity index (χ3n) is 3.29. The molecule has 3 N–H and O–H groups in total. The number of aromatic nitrogens is 1. The molecule has 0 fully saturated rings. The third kappa shape index (κ3) is 3.32. The Hall–Kier alpha value is -2.86. The van der Waals surface area contributed by atoms with Gasteiger partial charge in [-0.3, -0.25) is 0 Å². The van der Waals surface area contributed by atoms with Crippen LogP contribution in [0.1, 0.15) is 15.9 Å². The lowest BCUT2D eigenvalue weighted by Crippen LogP contribution is -1.99. The van der Waals surface area contributed by atoms with E-state index in [4.69, 9.17) is 10.5 Å². The number of aryl methyl sites for hydroxylation is 1. The van der Waals surface area contributed by atoms with Crippen LogP contribution in [0, 0.1) is 6.92 Å². The maximum Gasteiger partial charge on any atom is 0.335 e. The lowest BCUT2D eigenvalue weighted by atomic mass is 9.99. The first-order chi connectivity index (χ1) is 11.0. The van der Waals surface area contributed by atoms with Crippen LogP contribution in [0.3, 0.4) is 0 Å². The molecule has 0 unspecified atom stereocenters. The number of nitrogens with zero attached hydrogens (tertiary/aromatic N) is 1. The van der Waals surface area contributed by atoms with Crippen molar-refractivity contribution in [3.8, 4) is 22.1 Å². The molecule has 0 atom stereocenters. The lowest BCUT2D eigenvalue weighted by Gasteiger charge is -2.10. The number of carboxylic acid groups (broad SMARTS) is 1. The molecule has 0 saturated carbocycles. The van der Waals surface area contributed by atoms with Crippen LogP contribution in [0.2, 0.25) is 0 Å². The van der Waals surface area contributed by atoms with Crippen LogP contribution < -0.4 is 10.5 Å². The van der Waals surface area contributed by atoms with Gasteiger partial charge >= 0.3 is 5.97 Å². The van der Waals surface area contributed by atoms with Gasteiger partial charge in [-0.25, -0.2) is 9.78 Å². The van der Waals surface area contributed by atoms with Crippen molar-refractivity contribution < 1.29 is 14.6 Å². The predicted octanol–water partition coefficient (Wildman–Crippen LogP) is 4.19. The zero-order chi connectivity index (χ0) is 16.4. The summed E-state index contributed by atoms with van der Waals surface area (Å²) in [6.07, 6.45) is 1.62. The molecule has 0 saturated heterocycles. The smallest absolute Gasteiger partial charge is 0.335 e. The average molecular weight is 326 g/mol. The quantitative estimate of drug-likeness (QED) is 0.702. The number of carbonyl (C=O) groups is 1. The molecule has 5 nitrogen and oxygen atoms in total. The van der Waals surface area contributed by atoms with Gasteiger partial charge in [-0.05, 0) is 42.3 Å². The number of hydrogen-bond acceptors (Lipinski definition) is 5. The van der Waals surface area contributed by atoms with Crippen LogP contribution in [0.5, 0.6) is 10.9 Å². The number of anilines is 1. The summed E-state index contributed by atoms with van der Waals surface area (Å²) in [5, 5.41) is 11.6. The van der Waals surface area contributed by atoms with E-state index >= 15 is 0 Å². The summed E-state index contributed by atoms with van der Waals surface area (Å²) in [6, 6.07) is 10.5. The third-order valence-corrected chi connectivity index (χ3v) is 3.93. The molecular formula is C17H14N2O3S. The van der Waals surface area contributed by atoms with Gasteiger partial charge in [0.05, 0.1) is 5.56 Å². The number of nitrogen functional groups attached to an aromatic ring is 1. The Bertz CT molecular complexity index is 860. The minimum Gasteiger partial charge on any atom is -0.478 e. The van der Waals surface area contributed by atoms with E-state index in [0.29, 0.717) is 22.2 Å². The topological polar surface area (TPSA) is 85.4 Å². The van der Waals surface area contributed by atoms with E-state index in [2.05, 4.69) is 4.98 Å². The molecule has 0 spiro atoms. The van der Waals surface area contributed by atoms with Crippen LogP contribution in [0.4, 0.5) is 5.69 Å². The molecule has 0 amide bonds. The van der Waals surface area contributed by atoms with E-state index in [1.165, 1.54) is 17.4 Å². The van der Waals surface area contributed by atoms with E-state index in [-0.39, 0.29) is 5.56 Å². The van der Waals surface area contributed by atoms with Crippen LogP contribution >= 0.6 is 11.3 Å². The standard InChI is InChI=1S/C17H14N2O3S/c1-10-2-3-14(15(18)6-10)11-7-12(16(20)21)9-13(8-11)22-17-19-4-5-23-17/h2-9H,18H2,1H3,(H,20,21). The molecule has 0 bridgehead atoms. The second kappa shape index (κ2) is 6.10. The molecule has 3 rings (SSSR count). The Morgan fingerprint density at radius 1 is 1.26 bits per heavy atom. The first-order valence-electron chi connectivity index (χ1n) is 6.85. The van der Waals surface area contributed by atoms with Crippen LogP contribution in [-0.2, 0) is 0 Å². The highest BCUT2D eigenvalue weighted by atomic mass is 32.1. The molecule has 0 aliphatic carbocycles. The molecule has 0 radical (unpaired) electrons. The van der Waals surface area contributed by atoms with Crippen molar-refractivity contribution in [3.63, 3.8) is 0 Å². The molecule has 6 heteroatoms. The highest BCUT2D eigenvalue weighted by Crippen LogP contribution is 2.33. The lowest BCUT2D eigenvalue weighted by molar-refractivity contribution is 0.0696. The Morgan fingerprint density at radius 2 is 2.09 bits per heavy atom. The van der Waals surface area contributed by atoms with Crippen molar-refractivity contribution in [2.75, 3.05) is 5.73 Å². The van der Waals surface area contributed by atoms with E-state index in [0.717, 1.165) is 11.1 Å². The Balaban J connectivity index is 2.08. The summed E-state index contributed by atoms with van der Waals surface area (Å²) >= 11 is 1.33. The number of thiazole rings is 1. The molecule has 3 aromatic rings. The summed E-state index contributed by atoms with van der Waals surface area (Å²) in [5.74, 6) is -0.614. The Morgan fingerprint density at radius 3 is 2.74 bits per heavy atom. The van der Waals surface area contributed by atoms with Crippen LogP contribution in [-0.4, -0.2) is 16.1 Å². The van der Waals surface area contributed by atoms with Crippen molar-refractivity contribution >= 4 is 23.0 Å². The number of nitrogens with two attached hydrogens (primary N) is 1. The summed E-state index contributed by atoms with van der Waals surface area (Å²) in [5.41, 5.74) is 9.29. The van der Waals surface area contributed by atoms with Crippen molar-refractivity contribution in [1.29, 1.82) is 0 Å². The van der Waals surface area contributed by atoms with Crippen molar-refractivity contribution in [2.24, 2.45) is 0 Å². The summed E-state index contributed by atoms with van der Waals surface area (Å²) in [4.78, 5) is 15.4. The molecule has 2 aromatic carbocycles. The number of rotatable bonds is 4. The molecule has 1 heterocycles. The van der Waals surface area contributed by atoms with E-state index in [1.807, 2.05) is 25.1 Å². The zero-order valence-corrected chi connectivity index (χ0v) is 13.1. The number of aromatic carboxylic acids is 1. The van der Waals surface area contributed by atoms with E-state index in [9.17, 15) is 9.90 Å². The number of carboxylic acids is 1. The van der Waals surface area contributed by atoms with Crippen molar-refractivity contribution in [1.82, 2.24) is 4.98 Å². The van der Waals surface area contributed by atoms with Gasteiger partial charge in [0.25, 0.3) is 5.19 Å². The number of benzene rings is 2. The fraction of sp³-hybridized carbons (Fsp3) is 0.0588. The number of ether oxygens (including phenoxy) is 1. The van der Waals surface area contributed by atoms with Gasteiger partial charge in [0.1, 0.15) is 5.75 Å². The van der Waals surface area contributed by atoms with E-state index < -0.39 is 5.97 Å². The van der Waals surface area contributed by atoms with Gasteiger partial charge in [0, 0.05) is 22.8 Å². The summed E-state index contributed by atoms with van der Waals surface area (Å²) in [7, 11) is 0. The predicted molar refractivity (Wildman–Crippen MR) is 90.2 cm³/mol. The highest BCUT2D eigenvalue weighted by molar-refractivity contribution is 7.11. The van der Waals surface area contributed by atoms with Crippen LogP contribution in [0.25, 0.3) is 11.1 Å². The zero-order valence-electron chi connectivity index (χ0n) is 12.3. The minimum absolute atomic E-state index is 0.133. The van der Waals surface area contributed by atoms with Gasteiger partial charge < -0.3 is 15.6 Å². The van der Waals surface area contributed by atoms with Gasteiger partial charge in [0.15, 0.2) is 0 Å². The summed E-state index contributed by atoms with van der Waals surface area (Å²) < 4.78 is 5.64. The van der Waals surface area contributed by atoms with Gasteiger partial charge in [-0.15, -0.1) is 0 Å². The highest BCUT2D eigenvalue weighted by Gasteiger charge is 2.12. The average Bonchev–Trinajstić information content (AvgIpc) is 2.99. The van der Waals surface area contributed by atoms with Gasteiger partial charge in [-0.2, -0.15) is 0 Å². The molecule has 0 aliphatic rings. The Kier molecular flexibility index (Phi) is 3.99. The normalized spacial score (nSPS) is 10.5. The van der Waals surface area contributed by atoms with Crippen molar-refractivity contribution in [3.05, 3.63) is 59.1 Å². The monoisotopic (exact) mass is 326 g/mol.